The summed E-state index contributed by atoms with van der Waals surface area (Å²) in [5.41, 5.74) is 0.805. The first-order chi connectivity index (χ1) is 12.1. The summed E-state index contributed by atoms with van der Waals surface area (Å²) in [7, 11) is 1.79. The van der Waals surface area contributed by atoms with E-state index in [0.717, 1.165) is 36.8 Å². The molecule has 2 rings (SSSR count). The topological polar surface area (TPSA) is 56.7 Å². The van der Waals surface area contributed by atoms with Crippen LogP contribution in [0.5, 0.6) is 0 Å². The molecule has 1 amide bonds. The van der Waals surface area contributed by atoms with Crippen LogP contribution in [0.3, 0.4) is 0 Å². The Morgan fingerprint density at radius 2 is 2.04 bits per heavy atom. The van der Waals surface area contributed by atoms with Crippen molar-refractivity contribution in [3.8, 4) is 0 Å². The summed E-state index contributed by atoms with van der Waals surface area (Å²) >= 11 is 2.02. The van der Waals surface area contributed by atoms with Crippen molar-refractivity contribution in [1.82, 2.24) is 15.5 Å². The van der Waals surface area contributed by atoms with Crippen molar-refractivity contribution in [1.29, 1.82) is 0 Å². The van der Waals surface area contributed by atoms with Crippen LogP contribution >= 0.6 is 11.8 Å². The second-order valence-electron chi connectivity index (χ2n) is 5.97. The molecule has 1 saturated heterocycles. The maximum absolute atomic E-state index is 12.9. The second-order valence-corrected chi connectivity index (χ2v) is 7.38. The number of hydrogen-bond acceptors (Lipinski definition) is 3. The van der Waals surface area contributed by atoms with E-state index in [9.17, 15) is 9.18 Å². The third-order valence-electron chi connectivity index (χ3n) is 4.11. The summed E-state index contributed by atoms with van der Waals surface area (Å²) in [6, 6.07) is 6.00. The molecule has 0 saturated carbocycles. The van der Waals surface area contributed by atoms with E-state index in [2.05, 4.69) is 27.4 Å². The van der Waals surface area contributed by atoms with Crippen LogP contribution in [0.4, 0.5) is 4.39 Å². The van der Waals surface area contributed by atoms with Gasteiger partial charge in [-0.2, -0.15) is 11.8 Å². The van der Waals surface area contributed by atoms with Crippen LogP contribution < -0.4 is 10.6 Å². The van der Waals surface area contributed by atoms with Gasteiger partial charge in [0.1, 0.15) is 5.82 Å². The van der Waals surface area contributed by atoms with Gasteiger partial charge in [-0.3, -0.25) is 9.79 Å². The van der Waals surface area contributed by atoms with Crippen LogP contribution in [-0.2, 0) is 11.2 Å². The molecule has 1 aliphatic heterocycles. The zero-order valence-corrected chi connectivity index (χ0v) is 15.7. The number of benzene rings is 1. The van der Waals surface area contributed by atoms with Gasteiger partial charge in [0.05, 0.1) is 6.42 Å². The lowest BCUT2D eigenvalue weighted by Crippen LogP contribution is -2.49. The van der Waals surface area contributed by atoms with Crippen LogP contribution in [0.1, 0.15) is 18.9 Å². The van der Waals surface area contributed by atoms with Gasteiger partial charge in [0.15, 0.2) is 5.96 Å². The summed E-state index contributed by atoms with van der Waals surface area (Å²) in [4.78, 5) is 18.5. The molecule has 1 unspecified atom stereocenters. The van der Waals surface area contributed by atoms with Crippen molar-refractivity contribution >= 4 is 23.6 Å². The van der Waals surface area contributed by atoms with Crippen LogP contribution in [0, 0.1) is 5.82 Å². The van der Waals surface area contributed by atoms with E-state index in [0.29, 0.717) is 18.3 Å². The third-order valence-corrected chi connectivity index (χ3v) is 5.49. The Balaban J connectivity index is 1.68. The van der Waals surface area contributed by atoms with E-state index < -0.39 is 0 Å². The molecule has 25 heavy (non-hydrogen) atoms. The smallest absolute Gasteiger partial charge is 0.224 e. The predicted octanol–water partition coefficient (Wildman–Crippen LogP) is 1.89. The van der Waals surface area contributed by atoms with Crippen LogP contribution in [-0.4, -0.2) is 61.0 Å². The highest BCUT2D eigenvalue weighted by molar-refractivity contribution is 8.00. The molecule has 1 fully saturated rings. The van der Waals surface area contributed by atoms with Crippen molar-refractivity contribution in [2.45, 2.75) is 25.0 Å². The zero-order chi connectivity index (χ0) is 18.1. The highest BCUT2D eigenvalue weighted by Gasteiger charge is 2.21. The fourth-order valence-electron chi connectivity index (χ4n) is 2.72. The van der Waals surface area contributed by atoms with Crippen molar-refractivity contribution in [2.24, 2.45) is 4.99 Å². The maximum Gasteiger partial charge on any atom is 0.224 e. The highest BCUT2D eigenvalue weighted by Crippen LogP contribution is 2.20. The van der Waals surface area contributed by atoms with Crippen LogP contribution in [0.15, 0.2) is 29.3 Å². The SMILES string of the molecule is CCC1CN(C(=NC)NCCNC(=O)Cc2ccc(F)cc2)CCS1. The first kappa shape index (κ1) is 19.6. The lowest BCUT2D eigenvalue weighted by Gasteiger charge is -2.34. The predicted molar refractivity (Wildman–Crippen MR) is 103 cm³/mol. The number of carbonyl (C=O) groups excluding carboxylic acids is 1. The standard InChI is InChI=1S/C18H27FN4OS/c1-3-16-13-23(10-11-25-16)18(20-2)22-9-8-21-17(24)12-14-4-6-15(19)7-5-14/h4-7,16H,3,8-13H2,1-2H3,(H,20,22)(H,21,24). The Kier molecular flexibility index (Phi) is 8.04. The number of carbonyl (C=O) groups is 1. The monoisotopic (exact) mass is 366 g/mol. The molecule has 7 heteroatoms. The molecular weight excluding hydrogens is 339 g/mol. The number of thioether (sulfide) groups is 1. The number of hydrogen-bond donors (Lipinski definition) is 2. The molecule has 5 nitrogen and oxygen atoms in total. The minimum atomic E-state index is -0.291. The normalized spacial score (nSPS) is 18.1. The molecule has 0 bridgehead atoms. The summed E-state index contributed by atoms with van der Waals surface area (Å²) in [6.07, 6.45) is 1.42. The average molecular weight is 367 g/mol. The molecule has 1 aliphatic rings. The van der Waals surface area contributed by atoms with E-state index in [1.165, 1.54) is 12.1 Å². The van der Waals surface area contributed by atoms with Crippen LogP contribution in [0.2, 0.25) is 0 Å². The molecule has 1 heterocycles. The van der Waals surface area contributed by atoms with Crippen molar-refractivity contribution < 1.29 is 9.18 Å². The Bertz CT molecular complexity index is 579. The second kappa shape index (κ2) is 10.3. The quantitative estimate of drug-likeness (QED) is 0.459. The summed E-state index contributed by atoms with van der Waals surface area (Å²) in [5, 5.41) is 6.84. The molecule has 2 N–H and O–H groups in total. The molecule has 0 aromatic heterocycles. The van der Waals surface area contributed by atoms with E-state index in [1.54, 1.807) is 19.2 Å². The van der Waals surface area contributed by atoms with Crippen molar-refractivity contribution in [2.75, 3.05) is 39.0 Å². The summed E-state index contributed by atoms with van der Waals surface area (Å²) in [5.74, 6) is 1.66. The number of halogens is 1. The third kappa shape index (κ3) is 6.57. The van der Waals surface area contributed by atoms with E-state index in [4.69, 9.17) is 0 Å². The number of aliphatic imine (C=N–C) groups is 1. The van der Waals surface area contributed by atoms with E-state index in [1.807, 2.05) is 11.8 Å². The average Bonchev–Trinajstić information content (AvgIpc) is 2.64. The lowest BCUT2D eigenvalue weighted by atomic mass is 10.1. The largest absolute Gasteiger partial charge is 0.354 e. The Labute approximate surface area is 153 Å². The van der Waals surface area contributed by atoms with Gasteiger partial charge in [-0.1, -0.05) is 19.1 Å². The fraction of sp³-hybridized carbons (Fsp3) is 0.556. The van der Waals surface area contributed by atoms with Gasteiger partial charge in [0.2, 0.25) is 5.91 Å². The minimum absolute atomic E-state index is 0.0659. The number of amides is 1. The molecule has 0 radical (unpaired) electrons. The highest BCUT2D eigenvalue weighted by atomic mass is 32.2. The maximum atomic E-state index is 12.9. The first-order valence-electron chi connectivity index (χ1n) is 8.70. The van der Waals surface area contributed by atoms with Crippen LogP contribution in [0.25, 0.3) is 0 Å². The van der Waals surface area contributed by atoms with Crippen molar-refractivity contribution in [3.63, 3.8) is 0 Å². The number of rotatable bonds is 6. The van der Waals surface area contributed by atoms with Gasteiger partial charge in [-0.15, -0.1) is 0 Å². The summed E-state index contributed by atoms with van der Waals surface area (Å²) < 4.78 is 12.9. The van der Waals surface area contributed by atoms with Gasteiger partial charge in [-0.05, 0) is 24.1 Å². The molecule has 1 atom stereocenters. The van der Waals surface area contributed by atoms with E-state index in [-0.39, 0.29) is 18.1 Å². The molecule has 138 valence electrons. The van der Waals surface area contributed by atoms with Gasteiger partial charge in [-0.25, -0.2) is 4.39 Å². The number of nitrogens with one attached hydrogen (secondary N) is 2. The van der Waals surface area contributed by atoms with Crippen molar-refractivity contribution in [3.05, 3.63) is 35.6 Å². The van der Waals surface area contributed by atoms with E-state index >= 15 is 0 Å². The first-order valence-corrected chi connectivity index (χ1v) is 9.75. The minimum Gasteiger partial charge on any atom is -0.354 e. The summed E-state index contributed by atoms with van der Waals surface area (Å²) in [6.45, 7) is 5.38. The molecular formula is C18H27FN4OS. The molecule has 0 aliphatic carbocycles. The zero-order valence-electron chi connectivity index (χ0n) is 14.9. The molecule has 0 spiro atoms. The number of guanidine groups is 1. The Morgan fingerprint density at radius 1 is 1.32 bits per heavy atom. The van der Waals surface area contributed by atoms with Gasteiger partial charge in [0, 0.05) is 44.2 Å². The van der Waals surface area contributed by atoms with Gasteiger partial charge >= 0.3 is 0 Å². The lowest BCUT2D eigenvalue weighted by molar-refractivity contribution is -0.120. The molecule has 1 aromatic rings. The number of nitrogens with zero attached hydrogens (tertiary/aromatic N) is 2. The Hall–Kier alpha value is -1.76. The fourth-order valence-corrected chi connectivity index (χ4v) is 3.90. The Morgan fingerprint density at radius 3 is 2.72 bits per heavy atom. The molecule has 1 aromatic carbocycles. The van der Waals surface area contributed by atoms with Gasteiger partial charge in [0.25, 0.3) is 0 Å². The van der Waals surface area contributed by atoms with Gasteiger partial charge < -0.3 is 15.5 Å².